The number of nitrogens with zero attached hydrogens (tertiary/aromatic N) is 3. The average molecular weight is 278 g/mol. The molecule has 0 saturated carbocycles. The Bertz CT molecular complexity index is 631. The third kappa shape index (κ3) is 2.32. The van der Waals surface area contributed by atoms with Gasteiger partial charge in [0.05, 0.1) is 5.75 Å². The molecule has 0 saturated heterocycles. The fourth-order valence-corrected chi connectivity index (χ4v) is 2.97. The van der Waals surface area contributed by atoms with Crippen molar-refractivity contribution in [3.05, 3.63) is 29.3 Å². The molecule has 0 aliphatic heterocycles. The van der Waals surface area contributed by atoms with Crippen LogP contribution >= 0.6 is 23.1 Å². The molecule has 0 atom stereocenters. The fourth-order valence-electron chi connectivity index (χ4n) is 1.45. The molecule has 7 heteroatoms. The molecule has 5 nitrogen and oxygen atoms in total. The van der Waals surface area contributed by atoms with Crippen molar-refractivity contribution in [2.24, 2.45) is 0 Å². The molecule has 2 heterocycles. The van der Waals surface area contributed by atoms with Crippen LogP contribution in [0.15, 0.2) is 33.9 Å². The van der Waals surface area contributed by atoms with E-state index >= 15 is 0 Å². The van der Waals surface area contributed by atoms with Crippen molar-refractivity contribution in [1.29, 1.82) is 0 Å². The molecular formula is C11H10N4OS2. The van der Waals surface area contributed by atoms with Crippen molar-refractivity contribution in [3.63, 3.8) is 0 Å². The lowest BCUT2D eigenvalue weighted by atomic mass is 10.3. The third-order valence-electron chi connectivity index (χ3n) is 2.27. The highest BCUT2D eigenvalue weighted by Crippen LogP contribution is 2.27. The van der Waals surface area contributed by atoms with E-state index in [4.69, 9.17) is 4.42 Å². The Morgan fingerprint density at radius 3 is 3.00 bits per heavy atom. The second kappa shape index (κ2) is 4.95. The molecule has 0 amide bonds. The van der Waals surface area contributed by atoms with Crippen LogP contribution in [0, 0.1) is 0 Å². The lowest BCUT2D eigenvalue weighted by molar-refractivity contribution is 0.489. The first-order valence-electron chi connectivity index (χ1n) is 5.33. The van der Waals surface area contributed by atoms with Gasteiger partial charge in [-0.15, -0.1) is 10.2 Å². The van der Waals surface area contributed by atoms with E-state index in [0.29, 0.717) is 11.0 Å². The molecule has 0 bridgehead atoms. The maximum atomic E-state index is 5.62. The van der Waals surface area contributed by atoms with E-state index in [2.05, 4.69) is 20.5 Å². The van der Waals surface area contributed by atoms with Gasteiger partial charge < -0.3 is 9.73 Å². The zero-order chi connectivity index (χ0) is 12.4. The molecule has 0 radical (unpaired) electrons. The molecule has 0 unspecified atom stereocenters. The van der Waals surface area contributed by atoms with E-state index in [1.165, 1.54) is 23.1 Å². The number of fused-ring (bicyclic) bond motifs is 1. The second-order valence-corrected chi connectivity index (χ2v) is 5.48. The molecule has 0 aliphatic carbocycles. The van der Waals surface area contributed by atoms with E-state index in [0.717, 1.165) is 21.2 Å². The Balaban J connectivity index is 1.72. The first-order chi connectivity index (χ1) is 8.85. The topological polar surface area (TPSA) is 63.8 Å². The summed E-state index contributed by atoms with van der Waals surface area (Å²) in [5.41, 5.74) is 1.70. The van der Waals surface area contributed by atoms with E-state index < -0.39 is 0 Å². The van der Waals surface area contributed by atoms with Gasteiger partial charge in [0.25, 0.3) is 5.22 Å². The summed E-state index contributed by atoms with van der Waals surface area (Å²) in [6.45, 7) is 0. The van der Waals surface area contributed by atoms with Crippen LogP contribution in [0.4, 0.5) is 5.13 Å². The maximum absolute atomic E-state index is 5.62. The molecule has 0 aliphatic rings. The number of rotatable bonds is 4. The minimum atomic E-state index is 0.664. The Morgan fingerprint density at radius 1 is 1.33 bits per heavy atom. The van der Waals surface area contributed by atoms with Crippen LogP contribution in [-0.4, -0.2) is 22.2 Å². The molecule has 1 aromatic carbocycles. The van der Waals surface area contributed by atoms with Crippen LogP contribution in [0.3, 0.4) is 0 Å². The largest absolute Gasteiger partial charge is 0.431 e. The standard InChI is InChI=1S/C11H10N4OS2/c1-12-10-15-14-9(18-10)6-17-11-13-7-4-2-3-5-8(7)16-11/h2-5H,6H2,1H3,(H,12,15). The fraction of sp³-hybridized carbons (Fsp3) is 0.182. The van der Waals surface area contributed by atoms with Crippen LogP contribution in [0.5, 0.6) is 0 Å². The third-order valence-corrected chi connectivity index (χ3v) is 4.24. The molecule has 0 spiro atoms. The van der Waals surface area contributed by atoms with Gasteiger partial charge in [-0.25, -0.2) is 4.98 Å². The highest BCUT2D eigenvalue weighted by molar-refractivity contribution is 7.98. The van der Waals surface area contributed by atoms with E-state index in [9.17, 15) is 0 Å². The van der Waals surface area contributed by atoms with Gasteiger partial charge in [-0.2, -0.15) is 0 Å². The Labute approximate surface area is 112 Å². The van der Waals surface area contributed by atoms with Gasteiger partial charge in [0.15, 0.2) is 5.58 Å². The summed E-state index contributed by atoms with van der Waals surface area (Å²) in [5.74, 6) is 0.714. The number of anilines is 1. The first-order valence-corrected chi connectivity index (χ1v) is 7.14. The molecule has 0 fully saturated rings. The summed E-state index contributed by atoms with van der Waals surface area (Å²) >= 11 is 3.06. The zero-order valence-electron chi connectivity index (χ0n) is 9.58. The summed E-state index contributed by atoms with van der Waals surface area (Å²) in [4.78, 5) is 4.39. The quantitative estimate of drug-likeness (QED) is 0.740. The van der Waals surface area contributed by atoms with Crippen LogP contribution < -0.4 is 5.32 Å². The van der Waals surface area contributed by atoms with Crippen molar-refractivity contribution in [2.75, 3.05) is 12.4 Å². The van der Waals surface area contributed by atoms with Gasteiger partial charge in [0.1, 0.15) is 10.5 Å². The number of para-hydroxylation sites is 2. The van der Waals surface area contributed by atoms with Crippen LogP contribution in [0.25, 0.3) is 11.1 Å². The Kier molecular flexibility index (Phi) is 3.16. The number of nitrogens with one attached hydrogen (secondary N) is 1. The Hall–Kier alpha value is -1.60. The minimum absolute atomic E-state index is 0.664. The van der Waals surface area contributed by atoms with Gasteiger partial charge in [-0.3, -0.25) is 0 Å². The van der Waals surface area contributed by atoms with Gasteiger partial charge in [-0.1, -0.05) is 35.2 Å². The maximum Gasteiger partial charge on any atom is 0.257 e. The highest BCUT2D eigenvalue weighted by Gasteiger charge is 2.08. The average Bonchev–Trinajstić information content (AvgIpc) is 3.02. The second-order valence-electron chi connectivity index (χ2n) is 3.49. The van der Waals surface area contributed by atoms with Crippen LogP contribution in [-0.2, 0) is 5.75 Å². The summed E-state index contributed by atoms with van der Waals surface area (Å²) < 4.78 is 5.62. The summed E-state index contributed by atoms with van der Waals surface area (Å²) in [7, 11) is 1.83. The number of hydrogen-bond acceptors (Lipinski definition) is 7. The highest BCUT2D eigenvalue weighted by atomic mass is 32.2. The van der Waals surface area contributed by atoms with E-state index in [-0.39, 0.29) is 0 Å². The number of thioether (sulfide) groups is 1. The minimum Gasteiger partial charge on any atom is -0.431 e. The molecule has 3 aromatic rings. The SMILES string of the molecule is CNc1nnc(CSc2nc3ccccc3o2)s1. The molecule has 2 aromatic heterocycles. The Morgan fingerprint density at radius 2 is 2.22 bits per heavy atom. The summed E-state index contributed by atoms with van der Waals surface area (Å²) in [6, 6.07) is 7.73. The predicted molar refractivity (Wildman–Crippen MR) is 73.0 cm³/mol. The van der Waals surface area contributed by atoms with Crippen molar-refractivity contribution < 1.29 is 4.42 Å². The van der Waals surface area contributed by atoms with Crippen molar-refractivity contribution in [3.8, 4) is 0 Å². The molecule has 1 N–H and O–H groups in total. The van der Waals surface area contributed by atoms with E-state index in [1.54, 1.807) is 0 Å². The summed E-state index contributed by atoms with van der Waals surface area (Å²) in [6.07, 6.45) is 0. The lowest BCUT2D eigenvalue weighted by Crippen LogP contribution is -1.84. The smallest absolute Gasteiger partial charge is 0.257 e. The predicted octanol–water partition coefficient (Wildman–Crippen LogP) is 3.01. The number of hydrogen-bond donors (Lipinski definition) is 1. The molecule has 92 valence electrons. The molecule has 3 rings (SSSR count). The zero-order valence-corrected chi connectivity index (χ0v) is 11.2. The first kappa shape index (κ1) is 11.5. The monoisotopic (exact) mass is 278 g/mol. The normalized spacial score (nSPS) is 10.9. The van der Waals surface area contributed by atoms with Gasteiger partial charge in [0, 0.05) is 7.05 Å². The summed E-state index contributed by atoms with van der Waals surface area (Å²) in [5, 5.41) is 13.5. The van der Waals surface area contributed by atoms with E-state index in [1.807, 2.05) is 31.3 Å². The number of benzene rings is 1. The number of aromatic nitrogens is 3. The van der Waals surface area contributed by atoms with Gasteiger partial charge in [0.2, 0.25) is 5.13 Å². The van der Waals surface area contributed by atoms with Crippen molar-refractivity contribution in [1.82, 2.24) is 15.2 Å². The molecular weight excluding hydrogens is 268 g/mol. The van der Waals surface area contributed by atoms with Crippen molar-refractivity contribution >= 4 is 39.3 Å². The van der Waals surface area contributed by atoms with Gasteiger partial charge >= 0.3 is 0 Å². The number of oxazole rings is 1. The van der Waals surface area contributed by atoms with Crippen LogP contribution in [0.2, 0.25) is 0 Å². The lowest BCUT2D eigenvalue weighted by Gasteiger charge is -1.90. The van der Waals surface area contributed by atoms with Crippen molar-refractivity contribution in [2.45, 2.75) is 11.0 Å². The molecule has 18 heavy (non-hydrogen) atoms. The van der Waals surface area contributed by atoms with Crippen LogP contribution in [0.1, 0.15) is 5.01 Å². The van der Waals surface area contributed by atoms with Gasteiger partial charge in [-0.05, 0) is 12.1 Å².